The third kappa shape index (κ3) is 5.37. The van der Waals surface area contributed by atoms with Gasteiger partial charge in [-0.3, -0.25) is 9.10 Å². The number of nitrogens with one attached hydrogen (secondary N) is 1. The molecule has 0 radical (unpaired) electrons. The number of aromatic amines is 1. The number of allylic oxidation sites excluding steroid dienone is 4. The van der Waals surface area contributed by atoms with Crippen LogP contribution in [0.1, 0.15) is 18.4 Å². The number of anilines is 2. The summed E-state index contributed by atoms with van der Waals surface area (Å²) in [6.07, 6.45) is 10.1. The van der Waals surface area contributed by atoms with Gasteiger partial charge in [-0.05, 0) is 85.4 Å². The molecule has 0 aliphatic heterocycles. The fourth-order valence-electron chi connectivity index (χ4n) is 5.49. The highest BCUT2D eigenvalue weighted by Crippen LogP contribution is 2.42. The Balaban J connectivity index is 1.54. The van der Waals surface area contributed by atoms with E-state index in [4.69, 9.17) is 4.98 Å². The van der Waals surface area contributed by atoms with Crippen LogP contribution >= 0.6 is 11.3 Å². The average molecular weight is 612 g/mol. The minimum atomic E-state index is -3.69. The van der Waals surface area contributed by atoms with Gasteiger partial charge in [-0.25, -0.2) is 13.4 Å². The van der Waals surface area contributed by atoms with Crippen molar-refractivity contribution < 1.29 is 13.2 Å². The summed E-state index contributed by atoms with van der Waals surface area (Å²) in [6.45, 7) is 0.313. The topological polar surface area (TPSA) is 89.6 Å². The number of carbonyl (C=O) groups excluding carboxylic acids is 1. The van der Waals surface area contributed by atoms with Crippen molar-refractivity contribution in [2.24, 2.45) is 0 Å². The fraction of sp³-hybridized carbons (Fsp3) is 0.212. The van der Waals surface area contributed by atoms with Gasteiger partial charge in [0.25, 0.3) is 10.0 Å². The molecule has 0 saturated carbocycles. The van der Waals surface area contributed by atoms with Crippen molar-refractivity contribution in [1.29, 1.82) is 0 Å². The molecule has 0 atom stereocenters. The summed E-state index contributed by atoms with van der Waals surface area (Å²) in [7, 11) is 3.45. The Kier molecular flexibility index (Phi) is 7.68. The zero-order chi connectivity index (χ0) is 30.3. The molecule has 2 aromatic carbocycles. The van der Waals surface area contributed by atoms with Gasteiger partial charge in [0.1, 0.15) is 9.86 Å². The van der Waals surface area contributed by atoms with Crippen molar-refractivity contribution in [1.82, 2.24) is 14.9 Å². The van der Waals surface area contributed by atoms with Crippen LogP contribution in [-0.4, -0.2) is 63.9 Å². The van der Waals surface area contributed by atoms with E-state index in [0.717, 1.165) is 57.2 Å². The van der Waals surface area contributed by atoms with Gasteiger partial charge in [0, 0.05) is 47.8 Å². The Hall–Kier alpha value is -4.25. The average Bonchev–Trinajstić information content (AvgIpc) is 3.69. The smallest absolute Gasteiger partial charge is 0.273 e. The molecule has 0 spiro atoms. The summed E-state index contributed by atoms with van der Waals surface area (Å²) >= 11 is 1.20. The maximum absolute atomic E-state index is 13.3. The van der Waals surface area contributed by atoms with Crippen LogP contribution in [0.5, 0.6) is 0 Å². The van der Waals surface area contributed by atoms with E-state index in [9.17, 15) is 13.2 Å². The standard InChI is InChI=1S/C33H33N5O3S2/c1-36(2)21-29(39)37(3)24-13-8-12-23(18-24)27-20-34-33-32(31(27)22-10-6-5-7-11-22)26-19-25(15-16-28(26)35-33)38(4)43(40,41)30-14-9-17-42-30/h5-6,8-10,12-20H,7,11,21H2,1-4H3,(H,34,35). The first-order chi connectivity index (χ1) is 20.6. The van der Waals surface area contributed by atoms with Gasteiger partial charge in [-0.2, -0.15) is 0 Å². The predicted octanol–water partition coefficient (Wildman–Crippen LogP) is 6.53. The Bertz CT molecular complexity index is 2010. The first-order valence-electron chi connectivity index (χ1n) is 14.0. The molecule has 1 aliphatic carbocycles. The predicted molar refractivity (Wildman–Crippen MR) is 177 cm³/mol. The molecule has 1 N–H and O–H groups in total. The number of hydrogen-bond acceptors (Lipinski definition) is 6. The van der Waals surface area contributed by atoms with Crippen LogP contribution in [0.25, 0.3) is 38.6 Å². The summed E-state index contributed by atoms with van der Waals surface area (Å²) < 4.78 is 28.3. The van der Waals surface area contributed by atoms with Crippen LogP contribution in [0.3, 0.4) is 0 Å². The summed E-state index contributed by atoms with van der Waals surface area (Å²) in [4.78, 5) is 24.7. The Morgan fingerprint density at radius 2 is 1.86 bits per heavy atom. The van der Waals surface area contributed by atoms with Crippen molar-refractivity contribution in [2.75, 3.05) is 43.9 Å². The SMILES string of the molecule is CN(C)CC(=O)N(C)c1cccc(-c2cnc3[nH]c4ccc(N(C)S(=O)(=O)c5cccs5)cc4c3c2C2=CC=CCC2)c1. The third-order valence-corrected chi connectivity index (χ3v) is 10.9. The monoisotopic (exact) mass is 611 g/mol. The van der Waals surface area contributed by atoms with Gasteiger partial charge < -0.3 is 14.8 Å². The molecule has 1 amide bonds. The molecule has 3 aromatic heterocycles. The molecule has 0 bridgehead atoms. The number of fused-ring (bicyclic) bond motifs is 3. The quantitative estimate of drug-likeness (QED) is 0.216. The highest BCUT2D eigenvalue weighted by Gasteiger charge is 2.25. The van der Waals surface area contributed by atoms with Gasteiger partial charge in [0.15, 0.2) is 0 Å². The van der Waals surface area contributed by atoms with Crippen LogP contribution in [0.15, 0.2) is 88.6 Å². The molecule has 220 valence electrons. The van der Waals surface area contributed by atoms with E-state index < -0.39 is 10.0 Å². The second-order valence-electron chi connectivity index (χ2n) is 10.9. The Morgan fingerprint density at radius 3 is 2.58 bits per heavy atom. The maximum Gasteiger partial charge on any atom is 0.273 e. The van der Waals surface area contributed by atoms with Crippen molar-refractivity contribution in [3.05, 3.63) is 90.0 Å². The van der Waals surface area contributed by atoms with Crippen LogP contribution < -0.4 is 9.21 Å². The van der Waals surface area contributed by atoms with Crippen LogP contribution in [0.2, 0.25) is 0 Å². The van der Waals surface area contributed by atoms with E-state index in [1.807, 2.05) is 67.7 Å². The molecule has 3 heterocycles. The third-order valence-electron chi connectivity index (χ3n) is 7.78. The van der Waals surface area contributed by atoms with E-state index in [2.05, 4.69) is 23.2 Å². The molecule has 10 heteroatoms. The number of amides is 1. The molecule has 5 aromatic rings. The number of thiophene rings is 1. The van der Waals surface area contributed by atoms with Crippen molar-refractivity contribution in [3.63, 3.8) is 0 Å². The highest BCUT2D eigenvalue weighted by molar-refractivity contribution is 7.94. The first-order valence-corrected chi connectivity index (χ1v) is 16.3. The number of nitrogens with zero attached hydrogens (tertiary/aromatic N) is 4. The minimum Gasteiger partial charge on any atom is -0.339 e. The van der Waals surface area contributed by atoms with Crippen LogP contribution in [-0.2, 0) is 14.8 Å². The molecule has 0 unspecified atom stereocenters. The Labute approximate surface area is 255 Å². The van der Waals surface area contributed by atoms with E-state index in [1.54, 1.807) is 36.5 Å². The number of H-pyrrole nitrogens is 1. The summed E-state index contributed by atoms with van der Waals surface area (Å²) in [5.74, 6) is 0.00172. The molecule has 0 fully saturated rings. The van der Waals surface area contributed by atoms with E-state index in [0.29, 0.717) is 16.4 Å². The van der Waals surface area contributed by atoms with Crippen molar-refractivity contribution in [2.45, 2.75) is 17.1 Å². The summed E-state index contributed by atoms with van der Waals surface area (Å²) in [5, 5.41) is 3.61. The number of sulfonamides is 1. The van der Waals surface area contributed by atoms with Gasteiger partial charge in [0.2, 0.25) is 5.91 Å². The molecule has 0 saturated heterocycles. The summed E-state index contributed by atoms with van der Waals surface area (Å²) in [5.41, 5.74) is 7.12. The zero-order valence-electron chi connectivity index (χ0n) is 24.5. The van der Waals surface area contributed by atoms with Gasteiger partial charge >= 0.3 is 0 Å². The van der Waals surface area contributed by atoms with Crippen LogP contribution in [0, 0.1) is 0 Å². The number of rotatable bonds is 8. The lowest BCUT2D eigenvalue weighted by molar-refractivity contribution is -0.118. The van der Waals surface area contributed by atoms with Crippen molar-refractivity contribution >= 4 is 66.2 Å². The van der Waals surface area contributed by atoms with Crippen LogP contribution in [0.4, 0.5) is 11.4 Å². The normalized spacial score (nSPS) is 13.6. The minimum absolute atomic E-state index is 0.00172. The first kappa shape index (κ1) is 28.9. The molecule has 6 rings (SSSR count). The number of aromatic nitrogens is 2. The molecular weight excluding hydrogens is 579 g/mol. The molecule has 1 aliphatic rings. The number of hydrogen-bond donors (Lipinski definition) is 1. The number of likely N-dealkylation sites (N-methyl/N-ethyl adjacent to an activating group) is 2. The lowest BCUT2D eigenvalue weighted by Crippen LogP contribution is -2.34. The van der Waals surface area contributed by atoms with E-state index in [1.165, 1.54) is 21.2 Å². The second-order valence-corrected chi connectivity index (χ2v) is 14.1. The lowest BCUT2D eigenvalue weighted by Gasteiger charge is -2.21. The van der Waals surface area contributed by atoms with Gasteiger partial charge in [-0.15, -0.1) is 11.3 Å². The van der Waals surface area contributed by atoms with Gasteiger partial charge in [-0.1, -0.05) is 36.4 Å². The fourth-order valence-corrected chi connectivity index (χ4v) is 7.84. The summed E-state index contributed by atoms with van der Waals surface area (Å²) in [6, 6.07) is 17.0. The van der Waals surface area contributed by atoms with E-state index in [-0.39, 0.29) is 5.91 Å². The van der Waals surface area contributed by atoms with Crippen molar-refractivity contribution in [3.8, 4) is 11.1 Å². The lowest BCUT2D eigenvalue weighted by atomic mass is 9.88. The molecular formula is C33H33N5O3S2. The second kappa shape index (κ2) is 11.4. The zero-order valence-corrected chi connectivity index (χ0v) is 26.2. The molecule has 8 nitrogen and oxygen atoms in total. The molecule has 43 heavy (non-hydrogen) atoms. The number of pyridine rings is 1. The highest BCUT2D eigenvalue weighted by atomic mass is 32.2. The Morgan fingerprint density at radius 1 is 1.02 bits per heavy atom. The number of benzene rings is 2. The van der Waals surface area contributed by atoms with E-state index >= 15 is 0 Å². The van der Waals surface area contributed by atoms with Gasteiger partial charge in [0.05, 0.1) is 12.2 Å². The largest absolute Gasteiger partial charge is 0.339 e. The maximum atomic E-state index is 13.3. The number of carbonyl (C=O) groups is 1.